The SMILES string of the molecule is COC(=O)c1ccc(CO)nc1-c1nc2cc(SC(F)(F)F)ccc2n1C. The molecule has 0 unspecified atom stereocenters. The lowest BCUT2D eigenvalue weighted by atomic mass is 10.1. The summed E-state index contributed by atoms with van der Waals surface area (Å²) in [5.41, 5.74) is -2.87. The van der Waals surface area contributed by atoms with Crippen LogP contribution in [0.1, 0.15) is 16.1 Å². The van der Waals surface area contributed by atoms with Crippen LogP contribution in [0.5, 0.6) is 0 Å². The minimum Gasteiger partial charge on any atom is -0.465 e. The summed E-state index contributed by atoms with van der Waals surface area (Å²) in [5, 5.41) is 9.33. The number of rotatable bonds is 4. The Hall–Kier alpha value is -2.59. The molecule has 142 valence electrons. The van der Waals surface area contributed by atoms with Gasteiger partial charge in [-0.25, -0.2) is 14.8 Å². The van der Waals surface area contributed by atoms with Crippen molar-refractivity contribution in [2.24, 2.45) is 7.05 Å². The number of pyridine rings is 1. The predicted molar refractivity (Wildman–Crippen MR) is 93.1 cm³/mol. The van der Waals surface area contributed by atoms with Crippen molar-refractivity contribution in [2.75, 3.05) is 7.11 Å². The van der Waals surface area contributed by atoms with Gasteiger partial charge in [-0.15, -0.1) is 0 Å². The monoisotopic (exact) mass is 397 g/mol. The highest BCUT2D eigenvalue weighted by Crippen LogP contribution is 2.38. The number of halogens is 3. The van der Waals surface area contributed by atoms with E-state index in [4.69, 9.17) is 4.74 Å². The van der Waals surface area contributed by atoms with Gasteiger partial charge in [-0.2, -0.15) is 13.2 Å². The third-order valence-corrected chi connectivity index (χ3v) is 4.54. The Morgan fingerprint density at radius 1 is 1.26 bits per heavy atom. The Balaban J connectivity index is 2.17. The van der Waals surface area contributed by atoms with Crippen LogP contribution in [-0.4, -0.2) is 38.2 Å². The van der Waals surface area contributed by atoms with E-state index in [0.29, 0.717) is 16.7 Å². The van der Waals surface area contributed by atoms with Gasteiger partial charge in [-0.05, 0) is 42.1 Å². The zero-order valence-electron chi connectivity index (χ0n) is 14.2. The molecule has 6 nitrogen and oxygen atoms in total. The van der Waals surface area contributed by atoms with Crippen LogP contribution in [0.15, 0.2) is 35.2 Å². The molecule has 2 heterocycles. The lowest BCUT2D eigenvalue weighted by molar-refractivity contribution is -0.0328. The second-order valence-corrected chi connectivity index (χ2v) is 6.68. The van der Waals surface area contributed by atoms with E-state index in [1.165, 1.54) is 37.4 Å². The molecule has 0 aliphatic heterocycles. The van der Waals surface area contributed by atoms with Crippen molar-refractivity contribution in [1.29, 1.82) is 0 Å². The van der Waals surface area contributed by atoms with Gasteiger partial charge in [0, 0.05) is 11.9 Å². The highest BCUT2D eigenvalue weighted by atomic mass is 32.2. The van der Waals surface area contributed by atoms with Gasteiger partial charge in [-0.1, -0.05) is 0 Å². The maximum absolute atomic E-state index is 12.6. The van der Waals surface area contributed by atoms with Gasteiger partial charge in [0.1, 0.15) is 5.69 Å². The lowest BCUT2D eigenvalue weighted by Gasteiger charge is -2.09. The molecule has 0 spiro atoms. The second kappa shape index (κ2) is 7.20. The van der Waals surface area contributed by atoms with E-state index in [-0.39, 0.29) is 40.3 Å². The van der Waals surface area contributed by atoms with Crippen LogP contribution in [0.25, 0.3) is 22.6 Å². The Bertz CT molecular complexity index is 1020. The quantitative estimate of drug-likeness (QED) is 0.536. The van der Waals surface area contributed by atoms with Crippen LogP contribution in [0, 0.1) is 0 Å². The van der Waals surface area contributed by atoms with E-state index in [9.17, 15) is 23.1 Å². The average molecular weight is 397 g/mol. The number of fused-ring (bicyclic) bond motifs is 1. The van der Waals surface area contributed by atoms with Crippen LogP contribution in [0.3, 0.4) is 0 Å². The molecule has 0 saturated heterocycles. The number of hydrogen-bond acceptors (Lipinski definition) is 6. The third kappa shape index (κ3) is 3.91. The number of alkyl halides is 3. The Morgan fingerprint density at radius 3 is 2.63 bits per heavy atom. The number of imidazole rings is 1. The van der Waals surface area contributed by atoms with Gasteiger partial charge < -0.3 is 14.4 Å². The summed E-state index contributed by atoms with van der Waals surface area (Å²) in [5.74, 6) is -0.364. The van der Waals surface area contributed by atoms with Gasteiger partial charge >= 0.3 is 11.5 Å². The molecule has 1 aromatic carbocycles. The number of benzene rings is 1. The number of carbonyl (C=O) groups is 1. The smallest absolute Gasteiger partial charge is 0.446 e. The number of ether oxygens (including phenoxy) is 1. The second-order valence-electron chi connectivity index (χ2n) is 5.54. The van der Waals surface area contributed by atoms with Crippen molar-refractivity contribution >= 4 is 28.8 Å². The zero-order chi connectivity index (χ0) is 19.8. The Labute approximate surface area is 156 Å². The summed E-state index contributed by atoms with van der Waals surface area (Å²) in [6.07, 6.45) is 0. The maximum atomic E-state index is 12.6. The Morgan fingerprint density at radius 2 is 2.00 bits per heavy atom. The van der Waals surface area contributed by atoms with Crippen molar-refractivity contribution in [3.05, 3.63) is 41.6 Å². The first-order chi connectivity index (χ1) is 12.7. The highest BCUT2D eigenvalue weighted by molar-refractivity contribution is 8.00. The number of aromatic nitrogens is 3. The van der Waals surface area contributed by atoms with Crippen LogP contribution < -0.4 is 0 Å². The minimum atomic E-state index is -4.40. The number of hydrogen-bond donors (Lipinski definition) is 1. The molecule has 0 aliphatic carbocycles. The zero-order valence-corrected chi connectivity index (χ0v) is 15.1. The molecule has 0 atom stereocenters. The minimum absolute atomic E-state index is 0.00455. The predicted octanol–water partition coefficient (Wildman–Crippen LogP) is 3.53. The van der Waals surface area contributed by atoms with E-state index in [1.807, 2.05) is 0 Å². The molecule has 10 heteroatoms. The molecule has 2 aromatic heterocycles. The molecule has 0 amide bonds. The number of aryl methyl sites for hydroxylation is 1. The normalized spacial score (nSPS) is 11.8. The van der Waals surface area contributed by atoms with Crippen LogP contribution in [0.2, 0.25) is 0 Å². The van der Waals surface area contributed by atoms with Gasteiger partial charge in [0.2, 0.25) is 0 Å². The van der Waals surface area contributed by atoms with Gasteiger partial charge in [0.15, 0.2) is 5.82 Å². The molecular formula is C17H14F3N3O3S. The van der Waals surface area contributed by atoms with Crippen LogP contribution in [-0.2, 0) is 18.4 Å². The van der Waals surface area contributed by atoms with E-state index in [0.717, 1.165) is 0 Å². The fraction of sp³-hybridized carbons (Fsp3) is 0.235. The summed E-state index contributed by atoms with van der Waals surface area (Å²) in [7, 11) is 2.89. The highest BCUT2D eigenvalue weighted by Gasteiger charge is 2.29. The van der Waals surface area contributed by atoms with Crippen molar-refractivity contribution in [3.63, 3.8) is 0 Å². The number of aliphatic hydroxyl groups excluding tert-OH is 1. The molecule has 0 fully saturated rings. The van der Waals surface area contributed by atoms with E-state index in [1.54, 1.807) is 11.6 Å². The first-order valence-corrected chi connectivity index (χ1v) is 8.47. The summed E-state index contributed by atoms with van der Waals surface area (Å²) >= 11 is -0.228. The van der Waals surface area contributed by atoms with Crippen molar-refractivity contribution in [3.8, 4) is 11.5 Å². The first-order valence-electron chi connectivity index (χ1n) is 7.65. The van der Waals surface area contributed by atoms with Gasteiger partial charge in [0.25, 0.3) is 0 Å². The van der Waals surface area contributed by atoms with Crippen LogP contribution >= 0.6 is 11.8 Å². The molecule has 0 bridgehead atoms. The first kappa shape index (κ1) is 19.2. The third-order valence-electron chi connectivity index (χ3n) is 3.82. The number of methoxy groups -OCH3 is 1. The van der Waals surface area contributed by atoms with Gasteiger partial charge in [0.05, 0.1) is 36.0 Å². The molecule has 3 aromatic rings. The van der Waals surface area contributed by atoms with Crippen molar-refractivity contribution in [1.82, 2.24) is 14.5 Å². The summed E-state index contributed by atoms with van der Waals surface area (Å²) in [6, 6.07) is 7.14. The van der Waals surface area contributed by atoms with E-state index < -0.39 is 11.5 Å². The van der Waals surface area contributed by atoms with Crippen LogP contribution in [0.4, 0.5) is 13.2 Å². The van der Waals surface area contributed by atoms with Crippen molar-refractivity contribution < 1.29 is 27.8 Å². The number of thioether (sulfide) groups is 1. The number of nitrogens with zero attached hydrogens (tertiary/aromatic N) is 3. The van der Waals surface area contributed by atoms with Crippen molar-refractivity contribution in [2.45, 2.75) is 17.0 Å². The largest absolute Gasteiger partial charge is 0.465 e. The average Bonchev–Trinajstić information content (AvgIpc) is 2.95. The summed E-state index contributed by atoms with van der Waals surface area (Å²) < 4.78 is 44.2. The van der Waals surface area contributed by atoms with E-state index in [2.05, 4.69) is 9.97 Å². The molecular weight excluding hydrogens is 383 g/mol. The fourth-order valence-corrected chi connectivity index (χ4v) is 3.20. The topological polar surface area (TPSA) is 77.2 Å². The van der Waals surface area contributed by atoms with Gasteiger partial charge in [-0.3, -0.25) is 0 Å². The lowest BCUT2D eigenvalue weighted by Crippen LogP contribution is -2.08. The summed E-state index contributed by atoms with van der Waals surface area (Å²) in [6.45, 7) is -0.342. The maximum Gasteiger partial charge on any atom is 0.446 e. The molecule has 27 heavy (non-hydrogen) atoms. The molecule has 3 rings (SSSR count). The molecule has 0 radical (unpaired) electrons. The number of aliphatic hydroxyl groups is 1. The fourth-order valence-electron chi connectivity index (χ4n) is 2.62. The number of esters is 1. The number of carbonyl (C=O) groups excluding carboxylic acids is 1. The Kier molecular flexibility index (Phi) is 5.11. The molecule has 0 saturated carbocycles. The molecule has 0 aliphatic rings. The van der Waals surface area contributed by atoms with E-state index >= 15 is 0 Å². The standard InChI is InChI=1S/C17H14F3N3O3S/c1-23-13-6-4-10(27-17(18,19)20)7-12(13)22-15(23)14-11(16(25)26-2)5-3-9(8-24)21-14/h3-7,24H,8H2,1-2H3. The molecule has 1 N–H and O–H groups in total. The summed E-state index contributed by atoms with van der Waals surface area (Å²) in [4.78, 5) is 20.7.